The first kappa shape index (κ1) is 17.2. The van der Waals surface area contributed by atoms with Gasteiger partial charge in [-0.2, -0.15) is 11.8 Å². The summed E-state index contributed by atoms with van der Waals surface area (Å²) in [5.41, 5.74) is 0.737. The first-order valence-electron chi connectivity index (χ1n) is 8.43. The van der Waals surface area contributed by atoms with Crippen molar-refractivity contribution in [2.24, 2.45) is 0 Å². The van der Waals surface area contributed by atoms with Crippen LogP contribution in [-0.4, -0.2) is 36.6 Å². The number of thioether (sulfide) groups is 1. The van der Waals surface area contributed by atoms with Gasteiger partial charge in [-0.05, 0) is 26.0 Å². The zero-order chi connectivity index (χ0) is 16.9. The molecule has 0 radical (unpaired) electrons. The standard InChI is InChI=1S/C18H24N2O3S/c1-3-22-15-6-4-5-13-9-16(23-18(13)15)12(2)20-17(21)10-14-11-24-8-7-19-14/h4-6,9,12,14,19H,3,7-8,10-11H2,1-2H3,(H,20,21). The van der Waals surface area contributed by atoms with E-state index in [1.165, 1.54) is 0 Å². The topological polar surface area (TPSA) is 63.5 Å². The highest BCUT2D eigenvalue weighted by molar-refractivity contribution is 7.99. The fraction of sp³-hybridized carbons (Fsp3) is 0.500. The van der Waals surface area contributed by atoms with Crippen molar-refractivity contribution in [3.8, 4) is 5.75 Å². The number of furan rings is 1. The van der Waals surface area contributed by atoms with Gasteiger partial charge in [0.05, 0.1) is 12.6 Å². The molecule has 2 aromatic rings. The SMILES string of the molecule is CCOc1cccc2cc(C(C)NC(=O)CC3CSCCN3)oc12. The summed E-state index contributed by atoms with van der Waals surface area (Å²) in [6.07, 6.45) is 0.502. The summed E-state index contributed by atoms with van der Waals surface area (Å²) in [5.74, 6) is 3.65. The van der Waals surface area contributed by atoms with E-state index in [1.54, 1.807) is 0 Å². The van der Waals surface area contributed by atoms with E-state index in [0.717, 1.165) is 40.5 Å². The molecule has 1 aromatic carbocycles. The largest absolute Gasteiger partial charge is 0.490 e. The maximum absolute atomic E-state index is 12.3. The molecule has 1 amide bonds. The summed E-state index contributed by atoms with van der Waals surface area (Å²) in [6, 6.07) is 7.89. The fourth-order valence-electron chi connectivity index (χ4n) is 2.88. The number of nitrogens with one attached hydrogen (secondary N) is 2. The van der Waals surface area contributed by atoms with Gasteiger partial charge < -0.3 is 19.8 Å². The van der Waals surface area contributed by atoms with Gasteiger partial charge in [0.2, 0.25) is 5.91 Å². The average Bonchev–Trinajstić information content (AvgIpc) is 3.01. The number of hydrogen-bond acceptors (Lipinski definition) is 5. The summed E-state index contributed by atoms with van der Waals surface area (Å²) in [6.45, 7) is 5.46. The van der Waals surface area contributed by atoms with Crippen LogP contribution in [0.5, 0.6) is 5.75 Å². The zero-order valence-corrected chi connectivity index (χ0v) is 14.9. The Morgan fingerprint density at radius 1 is 1.54 bits per heavy atom. The Balaban J connectivity index is 1.65. The van der Waals surface area contributed by atoms with Gasteiger partial charge in [-0.1, -0.05) is 12.1 Å². The van der Waals surface area contributed by atoms with Crippen molar-refractivity contribution < 1.29 is 13.9 Å². The van der Waals surface area contributed by atoms with Gasteiger partial charge in [-0.25, -0.2) is 0 Å². The van der Waals surface area contributed by atoms with E-state index in [9.17, 15) is 4.79 Å². The summed E-state index contributed by atoms with van der Waals surface area (Å²) in [7, 11) is 0. The van der Waals surface area contributed by atoms with Gasteiger partial charge in [0.25, 0.3) is 0 Å². The molecule has 3 rings (SSSR count). The molecule has 2 N–H and O–H groups in total. The van der Waals surface area contributed by atoms with E-state index in [2.05, 4.69) is 10.6 Å². The molecule has 0 aliphatic carbocycles. The van der Waals surface area contributed by atoms with Crippen LogP contribution in [0, 0.1) is 0 Å². The Morgan fingerprint density at radius 3 is 3.17 bits per heavy atom. The summed E-state index contributed by atoms with van der Waals surface area (Å²) < 4.78 is 11.5. The molecule has 2 atom stereocenters. The van der Waals surface area contributed by atoms with E-state index < -0.39 is 0 Å². The molecule has 0 spiro atoms. The molecule has 5 nitrogen and oxygen atoms in total. The first-order valence-corrected chi connectivity index (χ1v) is 9.58. The van der Waals surface area contributed by atoms with E-state index in [-0.39, 0.29) is 18.0 Å². The van der Waals surface area contributed by atoms with Crippen LogP contribution in [0.2, 0.25) is 0 Å². The minimum atomic E-state index is -0.171. The van der Waals surface area contributed by atoms with Crippen molar-refractivity contribution in [1.82, 2.24) is 10.6 Å². The number of fused-ring (bicyclic) bond motifs is 1. The van der Waals surface area contributed by atoms with Crippen LogP contribution in [0.15, 0.2) is 28.7 Å². The van der Waals surface area contributed by atoms with Crippen molar-refractivity contribution in [3.63, 3.8) is 0 Å². The Bertz CT molecular complexity index is 695. The third kappa shape index (κ3) is 4.05. The third-order valence-corrected chi connectivity index (χ3v) is 5.19. The molecule has 2 heterocycles. The second-order valence-corrected chi connectivity index (χ2v) is 7.13. The van der Waals surface area contributed by atoms with Crippen LogP contribution >= 0.6 is 11.8 Å². The van der Waals surface area contributed by atoms with Crippen LogP contribution in [0.25, 0.3) is 11.0 Å². The number of ether oxygens (including phenoxy) is 1. The quantitative estimate of drug-likeness (QED) is 0.840. The molecule has 1 aliphatic heterocycles. The monoisotopic (exact) mass is 348 g/mol. The second kappa shape index (κ2) is 7.94. The summed E-state index contributed by atoms with van der Waals surface area (Å²) in [5, 5.41) is 7.41. The molecule has 1 aliphatic rings. The van der Waals surface area contributed by atoms with Gasteiger partial charge >= 0.3 is 0 Å². The minimum Gasteiger partial charge on any atom is -0.490 e. The predicted molar refractivity (Wildman–Crippen MR) is 97.7 cm³/mol. The molecule has 0 bridgehead atoms. The highest BCUT2D eigenvalue weighted by atomic mass is 32.2. The molecular weight excluding hydrogens is 324 g/mol. The van der Waals surface area contributed by atoms with E-state index >= 15 is 0 Å². The van der Waals surface area contributed by atoms with E-state index in [0.29, 0.717) is 13.0 Å². The summed E-state index contributed by atoms with van der Waals surface area (Å²) >= 11 is 1.89. The van der Waals surface area contributed by atoms with Gasteiger partial charge in [0.15, 0.2) is 11.3 Å². The highest BCUT2D eigenvalue weighted by Gasteiger charge is 2.20. The molecule has 1 aromatic heterocycles. The first-order chi connectivity index (χ1) is 11.7. The minimum absolute atomic E-state index is 0.0491. The smallest absolute Gasteiger partial charge is 0.222 e. The fourth-order valence-corrected chi connectivity index (χ4v) is 3.83. The second-order valence-electron chi connectivity index (χ2n) is 5.98. The highest BCUT2D eigenvalue weighted by Crippen LogP contribution is 2.31. The molecule has 2 unspecified atom stereocenters. The maximum Gasteiger partial charge on any atom is 0.222 e. The Labute approximate surface area is 146 Å². The molecule has 6 heteroatoms. The number of amides is 1. The van der Waals surface area contributed by atoms with Crippen molar-refractivity contribution in [2.45, 2.75) is 32.4 Å². The molecular formula is C18H24N2O3S. The maximum atomic E-state index is 12.3. The molecule has 1 fully saturated rings. The van der Waals surface area contributed by atoms with Gasteiger partial charge in [-0.3, -0.25) is 4.79 Å². The van der Waals surface area contributed by atoms with Crippen molar-refractivity contribution in [1.29, 1.82) is 0 Å². The lowest BCUT2D eigenvalue weighted by molar-refractivity contribution is -0.122. The lowest BCUT2D eigenvalue weighted by Gasteiger charge is -2.23. The number of benzene rings is 1. The zero-order valence-electron chi connectivity index (χ0n) is 14.1. The number of carbonyl (C=O) groups excluding carboxylic acids is 1. The molecule has 1 saturated heterocycles. The lowest BCUT2D eigenvalue weighted by Crippen LogP contribution is -2.41. The molecule has 0 saturated carbocycles. The number of rotatable bonds is 6. The lowest BCUT2D eigenvalue weighted by atomic mass is 10.2. The molecule has 24 heavy (non-hydrogen) atoms. The van der Waals surface area contributed by atoms with E-state index in [4.69, 9.17) is 9.15 Å². The average molecular weight is 348 g/mol. The van der Waals surface area contributed by atoms with Crippen molar-refractivity contribution >= 4 is 28.6 Å². The van der Waals surface area contributed by atoms with Crippen LogP contribution < -0.4 is 15.4 Å². The summed E-state index contributed by atoms with van der Waals surface area (Å²) in [4.78, 5) is 12.3. The Hall–Kier alpha value is -1.66. The number of hydrogen-bond donors (Lipinski definition) is 2. The van der Waals surface area contributed by atoms with Crippen LogP contribution in [-0.2, 0) is 4.79 Å². The normalized spacial score (nSPS) is 19.2. The van der Waals surface area contributed by atoms with Gasteiger partial charge in [0.1, 0.15) is 5.76 Å². The molecule has 130 valence electrons. The van der Waals surface area contributed by atoms with Crippen molar-refractivity contribution in [2.75, 3.05) is 24.7 Å². The Morgan fingerprint density at radius 2 is 2.42 bits per heavy atom. The van der Waals surface area contributed by atoms with Gasteiger partial charge in [-0.15, -0.1) is 0 Å². The van der Waals surface area contributed by atoms with Crippen LogP contribution in [0.4, 0.5) is 0 Å². The van der Waals surface area contributed by atoms with E-state index in [1.807, 2.05) is 49.9 Å². The van der Waals surface area contributed by atoms with Crippen LogP contribution in [0.1, 0.15) is 32.1 Å². The van der Waals surface area contributed by atoms with Crippen LogP contribution in [0.3, 0.4) is 0 Å². The predicted octanol–water partition coefficient (Wildman–Crippen LogP) is 3.10. The third-order valence-electron chi connectivity index (χ3n) is 4.06. The van der Waals surface area contributed by atoms with Gasteiger partial charge in [0, 0.05) is 35.9 Å². The Kier molecular flexibility index (Phi) is 5.68. The number of para-hydroxylation sites is 1. The van der Waals surface area contributed by atoms with Crippen molar-refractivity contribution in [3.05, 3.63) is 30.0 Å². The number of carbonyl (C=O) groups is 1.